The van der Waals surface area contributed by atoms with Crippen LogP contribution in [0.1, 0.15) is 30.5 Å². The maximum Gasteiger partial charge on any atom is 0.297 e. The Labute approximate surface area is 109 Å². The van der Waals surface area contributed by atoms with Gasteiger partial charge in [0.05, 0.1) is 13.2 Å². The Balaban J connectivity index is 3.48. The first kappa shape index (κ1) is 15.0. The molecule has 0 aliphatic heterocycles. The third kappa shape index (κ3) is 2.84. The normalized spacial score (nSPS) is 11.9. The highest BCUT2D eigenvalue weighted by Gasteiger charge is 2.24. The molecule has 0 heterocycles. The van der Waals surface area contributed by atoms with E-state index >= 15 is 0 Å². The second-order valence-corrected chi connectivity index (χ2v) is 6.08. The van der Waals surface area contributed by atoms with Crippen molar-refractivity contribution in [3.8, 4) is 5.75 Å². The van der Waals surface area contributed by atoms with Crippen molar-refractivity contribution >= 4 is 10.1 Å². The Morgan fingerprint density at radius 3 is 2.11 bits per heavy atom. The molecule has 0 radical (unpaired) electrons. The summed E-state index contributed by atoms with van der Waals surface area (Å²) in [6, 6.07) is 1.72. The summed E-state index contributed by atoms with van der Waals surface area (Å²) < 4.78 is 34.6. The average molecular weight is 272 g/mol. The van der Waals surface area contributed by atoms with Crippen molar-refractivity contribution in [2.24, 2.45) is 0 Å². The van der Waals surface area contributed by atoms with Gasteiger partial charge in [-0.2, -0.15) is 8.42 Å². The third-order valence-corrected chi connectivity index (χ3v) is 4.53. The van der Waals surface area contributed by atoms with E-state index in [-0.39, 0.29) is 11.0 Å². The predicted octanol–water partition coefficient (Wildman–Crippen LogP) is 2.73. The van der Waals surface area contributed by atoms with Gasteiger partial charge in [0.2, 0.25) is 0 Å². The predicted molar refractivity (Wildman–Crippen MR) is 70.6 cm³/mol. The van der Waals surface area contributed by atoms with Crippen LogP contribution < -0.4 is 4.74 Å². The average Bonchev–Trinajstić information content (AvgIpc) is 2.21. The van der Waals surface area contributed by atoms with Crippen LogP contribution in [0.4, 0.5) is 0 Å². The summed E-state index contributed by atoms with van der Waals surface area (Å²) >= 11 is 0. The third-order valence-electron chi connectivity index (χ3n) is 2.77. The Morgan fingerprint density at radius 1 is 1.11 bits per heavy atom. The first-order valence-electron chi connectivity index (χ1n) is 5.78. The number of benzene rings is 1. The fourth-order valence-corrected chi connectivity index (χ4v) is 3.50. The topological polar surface area (TPSA) is 52.6 Å². The van der Waals surface area contributed by atoms with Gasteiger partial charge in [-0.05, 0) is 57.4 Å². The molecule has 0 unspecified atom stereocenters. The molecule has 0 aliphatic carbocycles. The summed E-state index contributed by atoms with van der Waals surface area (Å²) in [6.45, 7) is 8.73. The molecular formula is C13H20O4S. The van der Waals surface area contributed by atoms with E-state index in [9.17, 15) is 8.42 Å². The van der Waals surface area contributed by atoms with Crippen molar-refractivity contribution in [3.05, 3.63) is 22.8 Å². The van der Waals surface area contributed by atoms with Crippen molar-refractivity contribution in [2.45, 2.75) is 45.6 Å². The van der Waals surface area contributed by atoms with E-state index in [1.54, 1.807) is 40.9 Å². The summed E-state index contributed by atoms with van der Waals surface area (Å²) in [5.74, 6) is 0.688. The molecule has 0 N–H and O–H groups in total. The largest absolute Gasteiger partial charge is 0.496 e. The fourth-order valence-electron chi connectivity index (χ4n) is 1.92. The number of hydrogen-bond acceptors (Lipinski definition) is 4. The van der Waals surface area contributed by atoms with Crippen LogP contribution in [-0.4, -0.2) is 21.6 Å². The quantitative estimate of drug-likeness (QED) is 0.791. The molecule has 5 heteroatoms. The minimum atomic E-state index is -3.72. The SMILES string of the molecule is COc1cc(C)c(S(=O)(=O)OC(C)C)c(C)c1C. The molecule has 0 saturated heterocycles. The molecule has 0 aliphatic rings. The molecule has 0 aromatic heterocycles. The molecule has 102 valence electrons. The lowest BCUT2D eigenvalue weighted by Crippen LogP contribution is -2.15. The van der Waals surface area contributed by atoms with Crippen LogP contribution >= 0.6 is 0 Å². The van der Waals surface area contributed by atoms with Crippen molar-refractivity contribution in [1.29, 1.82) is 0 Å². The molecule has 0 atom stereocenters. The van der Waals surface area contributed by atoms with Gasteiger partial charge < -0.3 is 4.74 Å². The van der Waals surface area contributed by atoms with Gasteiger partial charge in [0.1, 0.15) is 10.6 Å². The van der Waals surface area contributed by atoms with Gasteiger partial charge >= 0.3 is 0 Å². The lowest BCUT2D eigenvalue weighted by molar-refractivity contribution is 0.248. The van der Waals surface area contributed by atoms with E-state index < -0.39 is 10.1 Å². The Bertz CT molecular complexity index is 545. The van der Waals surface area contributed by atoms with Gasteiger partial charge in [0, 0.05) is 0 Å². The number of ether oxygens (including phenoxy) is 1. The number of aryl methyl sites for hydroxylation is 1. The van der Waals surface area contributed by atoms with E-state index in [4.69, 9.17) is 8.92 Å². The number of methoxy groups -OCH3 is 1. The Hall–Kier alpha value is -1.07. The second-order valence-electron chi connectivity index (χ2n) is 4.57. The van der Waals surface area contributed by atoms with Crippen LogP contribution in [0.5, 0.6) is 5.75 Å². The summed E-state index contributed by atoms with van der Waals surface area (Å²) in [5, 5.41) is 0. The molecule has 0 fully saturated rings. The molecule has 4 nitrogen and oxygen atoms in total. The van der Waals surface area contributed by atoms with Gasteiger partial charge in [-0.25, -0.2) is 0 Å². The Morgan fingerprint density at radius 2 is 1.67 bits per heavy atom. The molecular weight excluding hydrogens is 252 g/mol. The highest BCUT2D eigenvalue weighted by Crippen LogP contribution is 2.31. The highest BCUT2D eigenvalue weighted by molar-refractivity contribution is 7.86. The van der Waals surface area contributed by atoms with Gasteiger partial charge in [-0.1, -0.05) is 0 Å². The van der Waals surface area contributed by atoms with Crippen molar-refractivity contribution in [2.75, 3.05) is 7.11 Å². The molecule has 0 saturated carbocycles. The van der Waals surface area contributed by atoms with Gasteiger partial charge in [0.15, 0.2) is 0 Å². The van der Waals surface area contributed by atoms with Crippen LogP contribution in [0, 0.1) is 20.8 Å². The first-order chi connectivity index (χ1) is 8.20. The maximum atomic E-state index is 12.2. The monoisotopic (exact) mass is 272 g/mol. The number of hydrogen-bond donors (Lipinski definition) is 0. The minimum absolute atomic E-state index is 0.245. The smallest absolute Gasteiger partial charge is 0.297 e. The van der Waals surface area contributed by atoms with Crippen molar-refractivity contribution in [1.82, 2.24) is 0 Å². The van der Waals surface area contributed by atoms with E-state index in [0.29, 0.717) is 16.9 Å². The zero-order valence-electron chi connectivity index (χ0n) is 11.7. The zero-order chi connectivity index (χ0) is 14.1. The maximum absolute atomic E-state index is 12.2. The van der Waals surface area contributed by atoms with Crippen LogP contribution in [0.2, 0.25) is 0 Å². The summed E-state index contributed by atoms with van der Waals surface area (Å²) in [5.41, 5.74) is 2.12. The molecule has 0 bridgehead atoms. The van der Waals surface area contributed by atoms with Crippen LogP contribution in [0.15, 0.2) is 11.0 Å². The molecule has 0 spiro atoms. The van der Waals surface area contributed by atoms with E-state index in [1.807, 2.05) is 6.92 Å². The van der Waals surface area contributed by atoms with Gasteiger partial charge in [0.25, 0.3) is 10.1 Å². The lowest BCUT2D eigenvalue weighted by atomic mass is 10.1. The van der Waals surface area contributed by atoms with Crippen LogP contribution in [-0.2, 0) is 14.3 Å². The first-order valence-corrected chi connectivity index (χ1v) is 7.19. The summed E-state index contributed by atoms with van der Waals surface area (Å²) in [6.07, 6.45) is -0.379. The molecule has 1 aromatic carbocycles. The lowest BCUT2D eigenvalue weighted by Gasteiger charge is -2.17. The fraction of sp³-hybridized carbons (Fsp3) is 0.538. The standard InChI is InChI=1S/C13H20O4S/c1-8(2)17-18(14,15)13-9(3)7-12(16-6)10(4)11(13)5/h7-8H,1-6H3. The van der Waals surface area contributed by atoms with Crippen molar-refractivity contribution in [3.63, 3.8) is 0 Å². The van der Waals surface area contributed by atoms with Crippen LogP contribution in [0.25, 0.3) is 0 Å². The van der Waals surface area contributed by atoms with E-state index in [1.165, 1.54) is 0 Å². The molecule has 18 heavy (non-hydrogen) atoms. The van der Waals surface area contributed by atoms with E-state index in [0.717, 1.165) is 5.56 Å². The minimum Gasteiger partial charge on any atom is -0.496 e. The van der Waals surface area contributed by atoms with Gasteiger partial charge in [-0.15, -0.1) is 0 Å². The van der Waals surface area contributed by atoms with Crippen molar-refractivity contribution < 1.29 is 17.3 Å². The highest BCUT2D eigenvalue weighted by atomic mass is 32.2. The second kappa shape index (κ2) is 5.28. The summed E-state index contributed by atoms with van der Waals surface area (Å²) in [7, 11) is -2.15. The summed E-state index contributed by atoms with van der Waals surface area (Å²) in [4.78, 5) is 0.245. The molecule has 0 amide bonds. The molecule has 1 rings (SSSR count). The zero-order valence-corrected chi connectivity index (χ0v) is 12.5. The van der Waals surface area contributed by atoms with E-state index in [2.05, 4.69) is 0 Å². The van der Waals surface area contributed by atoms with Gasteiger partial charge in [-0.3, -0.25) is 4.18 Å². The Kier molecular flexibility index (Phi) is 4.40. The number of rotatable bonds is 4. The van der Waals surface area contributed by atoms with Crippen LogP contribution in [0.3, 0.4) is 0 Å². The molecule has 1 aromatic rings.